The van der Waals surface area contributed by atoms with Crippen molar-refractivity contribution in [3.8, 4) is 0 Å². The average Bonchev–Trinajstić information content (AvgIpc) is 2.88. The van der Waals surface area contributed by atoms with E-state index in [1.165, 1.54) is 19.3 Å². The van der Waals surface area contributed by atoms with Crippen molar-refractivity contribution in [2.24, 2.45) is 0 Å². The van der Waals surface area contributed by atoms with Crippen LogP contribution in [-0.4, -0.2) is 37.3 Å². The van der Waals surface area contributed by atoms with E-state index in [0.29, 0.717) is 18.2 Å². The molecule has 1 N–H and O–H groups in total. The zero-order valence-electron chi connectivity index (χ0n) is 10.9. The second-order valence-corrected chi connectivity index (χ2v) is 5.29. The number of hydrogen-bond acceptors (Lipinski definition) is 5. The Kier molecular flexibility index (Phi) is 3.52. The van der Waals surface area contributed by atoms with Gasteiger partial charge in [0.2, 0.25) is 0 Å². The minimum Gasteiger partial charge on any atom is -0.432 e. The lowest BCUT2D eigenvalue weighted by Gasteiger charge is -2.18. The second-order valence-electron chi connectivity index (χ2n) is 5.29. The number of aromatic nitrogens is 1. The molecule has 1 unspecified atom stereocenters. The third-order valence-electron chi connectivity index (χ3n) is 3.52. The maximum absolute atomic E-state index is 5.62. The minimum atomic E-state index is 0.329. The van der Waals surface area contributed by atoms with E-state index in [4.69, 9.17) is 9.15 Å². The van der Waals surface area contributed by atoms with Crippen LogP contribution in [0, 0.1) is 0 Å². The molecule has 2 fully saturated rings. The van der Waals surface area contributed by atoms with Crippen LogP contribution >= 0.6 is 0 Å². The Labute approximate surface area is 108 Å². The van der Waals surface area contributed by atoms with Gasteiger partial charge in [-0.25, -0.2) is 0 Å². The topological polar surface area (TPSA) is 50.5 Å². The monoisotopic (exact) mass is 251 g/mol. The summed E-state index contributed by atoms with van der Waals surface area (Å²) in [6.07, 6.45) is 6.97. The number of likely N-dealkylation sites (N-methyl/N-ethyl adjacent to an activating group) is 1. The molecular weight excluding hydrogens is 230 g/mol. The fraction of sp³-hybridized carbons (Fsp3) is 0.769. The lowest BCUT2D eigenvalue weighted by Crippen LogP contribution is -2.28. The number of anilines is 1. The van der Waals surface area contributed by atoms with E-state index in [0.717, 1.165) is 31.8 Å². The quantitative estimate of drug-likeness (QED) is 0.831. The van der Waals surface area contributed by atoms with Gasteiger partial charge in [0.1, 0.15) is 6.26 Å². The number of nitrogens with one attached hydrogen (secondary N) is 1. The highest BCUT2D eigenvalue weighted by Crippen LogP contribution is 2.20. The van der Waals surface area contributed by atoms with Gasteiger partial charge in [0, 0.05) is 32.8 Å². The van der Waals surface area contributed by atoms with E-state index in [2.05, 4.69) is 10.3 Å². The Morgan fingerprint density at radius 1 is 1.44 bits per heavy atom. The molecule has 1 aromatic heterocycles. The van der Waals surface area contributed by atoms with E-state index >= 15 is 0 Å². The zero-order chi connectivity index (χ0) is 12.4. The van der Waals surface area contributed by atoms with Crippen molar-refractivity contribution < 1.29 is 9.15 Å². The van der Waals surface area contributed by atoms with Crippen LogP contribution in [-0.2, 0) is 11.3 Å². The summed E-state index contributed by atoms with van der Waals surface area (Å²) < 4.78 is 11.1. The van der Waals surface area contributed by atoms with Crippen molar-refractivity contribution in [1.82, 2.24) is 10.3 Å². The van der Waals surface area contributed by atoms with Crippen LogP contribution in [0.25, 0.3) is 0 Å². The van der Waals surface area contributed by atoms with Crippen molar-refractivity contribution >= 4 is 6.01 Å². The van der Waals surface area contributed by atoms with Gasteiger partial charge >= 0.3 is 0 Å². The third-order valence-corrected chi connectivity index (χ3v) is 3.52. The first kappa shape index (κ1) is 12.0. The molecule has 0 bridgehead atoms. The third kappa shape index (κ3) is 3.03. The summed E-state index contributed by atoms with van der Waals surface area (Å²) >= 11 is 0. The van der Waals surface area contributed by atoms with Crippen LogP contribution in [0.3, 0.4) is 0 Å². The summed E-state index contributed by atoms with van der Waals surface area (Å²) in [6.45, 7) is 2.55. The minimum absolute atomic E-state index is 0.329. The van der Waals surface area contributed by atoms with Crippen LogP contribution in [0.5, 0.6) is 0 Å². The van der Waals surface area contributed by atoms with Gasteiger partial charge in [-0.2, -0.15) is 4.98 Å². The normalized spacial score (nSPS) is 23.5. The summed E-state index contributed by atoms with van der Waals surface area (Å²) in [7, 11) is 2.01. The first-order valence-corrected chi connectivity index (χ1v) is 6.82. The van der Waals surface area contributed by atoms with E-state index in [1.807, 2.05) is 11.9 Å². The van der Waals surface area contributed by atoms with E-state index in [1.54, 1.807) is 6.26 Å². The average molecular weight is 251 g/mol. The second kappa shape index (κ2) is 5.28. The van der Waals surface area contributed by atoms with Gasteiger partial charge in [-0.3, -0.25) is 0 Å². The molecule has 1 atom stereocenters. The lowest BCUT2D eigenvalue weighted by atomic mass is 10.2. The summed E-state index contributed by atoms with van der Waals surface area (Å²) in [5.74, 6) is 0. The summed E-state index contributed by atoms with van der Waals surface area (Å²) in [5, 5.41) is 3.43. The smallest absolute Gasteiger partial charge is 0.297 e. The Balaban J connectivity index is 1.50. The molecule has 2 aliphatic rings. The fourth-order valence-electron chi connectivity index (χ4n) is 2.26. The van der Waals surface area contributed by atoms with Gasteiger partial charge in [-0.15, -0.1) is 0 Å². The molecule has 3 rings (SSSR count). The van der Waals surface area contributed by atoms with E-state index < -0.39 is 0 Å². The Morgan fingerprint density at radius 2 is 2.33 bits per heavy atom. The fourth-order valence-corrected chi connectivity index (χ4v) is 2.26. The summed E-state index contributed by atoms with van der Waals surface area (Å²) in [6, 6.07) is 1.40. The van der Waals surface area contributed by atoms with Crippen LogP contribution in [0.15, 0.2) is 10.7 Å². The first-order chi connectivity index (χ1) is 8.81. The Hall–Kier alpha value is -1.07. The van der Waals surface area contributed by atoms with Crippen LogP contribution < -0.4 is 10.2 Å². The van der Waals surface area contributed by atoms with Gasteiger partial charge in [0.05, 0.1) is 11.8 Å². The predicted octanol–water partition coefficient (Wildman–Crippen LogP) is 1.54. The largest absolute Gasteiger partial charge is 0.432 e. The molecule has 5 nitrogen and oxygen atoms in total. The zero-order valence-corrected chi connectivity index (χ0v) is 10.9. The SMILES string of the molecule is CN(CC1CCCO1)c1nc(CNC2CC2)co1. The highest BCUT2D eigenvalue weighted by Gasteiger charge is 2.22. The molecule has 1 aliphatic carbocycles. The molecule has 0 spiro atoms. The first-order valence-electron chi connectivity index (χ1n) is 6.82. The maximum atomic E-state index is 5.62. The van der Waals surface area contributed by atoms with Gasteiger partial charge in [0.25, 0.3) is 6.01 Å². The molecule has 1 saturated carbocycles. The Bertz CT molecular complexity index is 383. The predicted molar refractivity (Wildman–Crippen MR) is 68.6 cm³/mol. The van der Waals surface area contributed by atoms with Crippen LogP contribution in [0.2, 0.25) is 0 Å². The van der Waals surface area contributed by atoms with Crippen LogP contribution in [0.1, 0.15) is 31.4 Å². The van der Waals surface area contributed by atoms with Crippen molar-refractivity contribution in [2.75, 3.05) is 25.1 Å². The molecule has 100 valence electrons. The molecule has 18 heavy (non-hydrogen) atoms. The standard InChI is InChI=1S/C13H21N3O2/c1-16(8-12-3-2-6-17-12)13-15-11(9-18-13)7-14-10-4-5-10/h9-10,12,14H,2-8H2,1H3. The van der Waals surface area contributed by atoms with Gasteiger partial charge < -0.3 is 19.4 Å². The molecule has 0 aromatic carbocycles. The van der Waals surface area contributed by atoms with Crippen molar-refractivity contribution in [3.05, 3.63) is 12.0 Å². The van der Waals surface area contributed by atoms with E-state index in [9.17, 15) is 0 Å². The molecule has 1 aromatic rings. The molecule has 2 heterocycles. The molecule has 0 radical (unpaired) electrons. The maximum Gasteiger partial charge on any atom is 0.297 e. The number of ether oxygens (including phenoxy) is 1. The van der Waals surface area contributed by atoms with Gasteiger partial charge in [0.15, 0.2) is 0 Å². The Morgan fingerprint density at radius 3 is 3.06 bits per heavy atom. The number of nitrogens with zero attached hydrogens (tertiary/aromatic N) is 2. The number of oxazole rings is 1. The van der Waals surface area contributed by atoms with Gasteiger partial charge in [-0.05, 0) is 25.7 Å². The summed E-state index contributed by atoms with van der Waals surface area (Å²) in [5.41, 5.74) is 0.982. The molecular formula is C13H21N3O2. The van der Waals surface area contributed by atoms with Crippen molar-refractivity contribution in [2.45, 2.75) is 44.4 Å². The molecule has 0 amide bonds. The highest BCUT2D eigenvalue weighted by molar-refractivity contribution is 5.25. The van der Waals surface area contributed by atoms with Gasteiger partial charge in [-0.1, -0.05) is 0 Å². The van der Waals surface area contributed by atoms with E-state index in [-0.39, 0.29) is 0 Å². The molecule has 5 heteroatoms. The van der Waals surface area contributed by atoms with Crippen molar-refractivity contribution in [3.63, 3.8) is 0 Å². The molecule has 1 saturated heterocycles. The van der Waals surface area contributed by atoms with Crippen LogP contribution in [0.4, 0.5) is 6.01 Å². The van der Waals surface area contributed by atoms with Crippen molar-refractivity contribution in [1.29, 1.82) is 0 Å². The number of hydrogen-bond donors (Lipinski definition) is 1. The summed E-state index contributed by atoms with van der Waals surface area (Å²) in [4.78, 5) is 6.53. The lowest BCUT2D eigenvalue weighted by molar-refractivity contribution is 0.115. The highest BCUT2D eigenvalue weighted by atomic mass is 16.5. The number of rotatable bonds is 6. The molecule has 1 aliphatic heterocycles.